The van der Waals surface area contributed by atoms with E-state index in [0.29, 0.717) is 16.4 Å². The first-order valence-corrected chi connectivity index (χ1v) is 8.37. The van der Waals surface area contributed by atoms with Crippen molar-refractivity contribution in [3.05, 3.63) is 63.5 Å². The van der Waals surface area contributed by atoms with E-state index in [0.717, 1.165) is 6.42 Å². The Morgan fingerprint density at radius 2 is 2.08 bits per heavy atom. The molecule has 0 aliphatic carbocycles. The third-order valence-electron chi connectivity index (χ3n) is 3.43. The van der Waals surface area contributed by atoms with Gasteiger partial charge in [-0.3, -0.25) is 9.20 Å². The fourth-order valence-electron chi connectivity index (χ4n) is 2.12. The van der Waals surface area contributed by atoms with Crippen molar-refractivity contribution in [2.75, 3.05) is 6.61 Å². The normalized spacial score (nSPS) is 10.7. The van der Waals surface area contributed by atoms with Gasteiger partial charge in [-0.25, -0.2) is 9.78 Å². The Kier molecular flexibility index (Phi) is 4.90. The first-order chi connectivity index (χ1) is 11.7. The molecule has 24 heavy (non-hydrogen) atoms. The van der Waals surface area contributed by atoms with Crippen molar-refractivity contribution in [1.82, 2.24) is 9.38 Å². The molecule has 0 amide bonds. The molecule has 0 N–H and O–H groups in total. The molecule has 3 rings (SSSR count). The molecule has 0 aliphatic heterocycles. The van der Waals surface area contributed by atoms with Crippen LogP contribution in [0.5, 0.6) is 5.75 Å². The zero-order chi connectivity index (χ0) is 16.9. The van der Waals surface area contributed by atoms with Crippen LogP contribution in [-0.4, -0.2) is 22.0 Å². The summed E-state index contributed by atoms with van der Waals surface area (Å²) in [4.78, 5) is 28.4. The Morgan fingerprint density at radius 1 is 1.29 bits per heavy atom. The lowest BCUT2D eigenvalue weighted by atomic mass is 10.2. The molecule has 0 saturated carbocycles. The first-order valence-electron chi connectivity index (χ1n) is 7.49. The second kappa shape index (κ2) is 7.27. The van der Waals surface area contributed by atoms with Gasteiger partial charge in [0, 0.05) is 17.6 Å². The Labute approximate surface area is 142 Å². The Hall–Kier alpha value is -2.67. The van der Waals surface area contributed by atoms with Crippen LogP contribution < -0.4 is 10.3 Å². The molecule has 2 aromatic heterocycles. The summed E-state index contributed by atoms with van der Waals surface area (Å²) in [5.74, 6) is 0.100. The van der Waals surface area contributed by atoms with E-state index >= 15 is 0 Å². The quantitative estimate of drug-likeness (QED) is 0.643. The van der Waals surface area contributed by atoms with Gasteiger partial charge in [0.25, 0.3) is 5.56 Å². The number of esters is 1. The predicted molar refractivity (Wildman–Crippen MR) is 90.5 cm³/mol. The SMILES string of the molecule is CCc1ccc(OCC(=O)OCc2cc(=O)n3ccsc3n2)cc1. The van der Waals surface area contributed by atoms with Gasteiger partial charge in [-0.05, 0) is 24.1 Å². The van der Waals surface area contributed by atoms with E-state index in [2.05, 4.69) is 11.9 Å². The minimum Gasteiger partial charge on any atom is -0.482 e. The molecule has 124 valence electrons. The lowest BCUT2D eigenvalue weighted by Crippen LogP contribution is -2.17. The molecule has 0 saturated heterocycles. The number of thiazole rings is 1. The largest absolute Gasteiger partial charge is 0.482 e. The number of aryl methyl sites for hydroxylation is 1. The number of carbonyl (C=O) groups excluding carboxylic acids is 1. The molecule has 0 fully saturated rings. The maximum atomic E-state index is 11.8. The fourth-order valence-corrected chi connectivity index (χ4v) is 2.86. The summed E-state index contributed by atoms with van der Waals surface area (Å²) in [7, 11) is 0. The van der Waals surface area contributed by atoms with Gasteiger partial charge < -0.3 is 9.47 Å². The Balaban J connectivity index is 1.53. The highest BCUT2D eigenvalue weighted by molar-refractivity contribution is 7.15. The second-order valence-corrected chi connectivity index (χ2v) is 5.96. The molecule has 0 atom stereocenters. The van der Waals surface area contributed by atoms with Gasteiger partial charge in [-0.2, -0.15) is 0 Å². The van der Waals surface area contributed by atoms with Crippen molar-refractivity contribution in [2.24, 2.45) is 0 Å². The van der Waals surface area contributed by atoms with Crippen molar-refractivity contribution in [3.8, 4) is 5.75 Å². The van der Waals surface area contributed by atoms with Crippen LogP contribution in [0.2, 0.25) is 0 Å². The lowest BCUT2D eigenvalue weighted by molar-refractivity contribution is -0.147. The number of rotatable bonds is 6. The Morgan fingerprint density at radius 3 is 2.83 bits per heavy atom. The number of hydrogen-bond acceptors (Lipinski definition) is 6. The van der Waals surface area contributed by atoms with Gasteiger partial charge in [0.05, 0.1) is 5.69 Å². The van der Waals surface area contributed by atoms with Crippen molar-refractivity contribution < 1.29 is 14.3 Å². The van der Waals surface area contributed by atoms with E-state index in [1.807, 2.05) is 24.3 Å². The molecule has 3 aromatic rings. The van der Waals surface area contributed by atoms with Crippen LogP contribution in [0.15, 0.2) is 46.7 Å². The summed E-state index contributed by atoms with van der Waals surface area (Å²) in [6.07, 6.45) is 2.60. The lowest BCUT2D eigenvalue weighted by Gasteiger charge is -2.07. The van der Waals surface area contributed by atoms with Crippen molar-refractivity contribution in [3.63, 3.8) is 0 Å². The van der Waals surface area contributed by atoms with Crippen LogP contribution in [0.4, 0.5) is 0 Å². The van der Waals surface area contributed by atoms with E-state index in [1.54, 1.807) is 11.6 Å². The molecule has 0 radical (unpaired) electrons. The summed E-state index contributed by atoms with van der Waals surface area (Å²) >= 11 is 1.35. The monoisotopic (exact) mass is 344 g/mol. The summed E-state index contributed by atoms with van der Waals surface area (Å²) in [6, 6.07) is 8.90. The van der Waals surface area contributed by atoms with Crippen LogP contribution in [0.3, 0.4) is 0 Å². The van der Waals surface area contributed by atoms with Gasteiger partial charge in [0.1, 0.15) is 12.4 Å². The van der Waals surface area contributed by atoms with E-state index in [-0.39, 0.29) is 18.8 Å². The van der Waals surface area contributed by atoms with Gasteiger partial charge in [-0.15, -0.1) is 11.3 Å². The third-order valence-corrected chi connectivity index (χ3v) is 4.18. The average Bonchev–Trinajstić information content (AvgIpc) is 3.08. The molecule has 0 spiro atoms. The molecule has 1 aromatic carbocycles. The average molecular weight is 344 g/mol. The van der Waals surface area contributed by atoms with Crippen molar-refractivity contribution in [2.45, 2.75) is 20.0 Å². The van der Waals surface area contributed by atoms with Crippen LogP contribution in [-0.2, 0) is 22.6 Å². The minimum atomic E-state index is -0.511. The van der Waals surface area contributed by atoms with Gasteiger partial charge in [0.2, 0.25) is 0 Å². The highest BCUT2D eigenvalue weighted by Gasteiger charge is 2.08. The fraction of sp³-hybridized carbons (Fsp3) is 0.235. The summed E-state index contributed by atoms with van der Waals surface area (Å²) in [6.45, 7) is 1.83. The minimum absolute atomic E-state index is 0.0550. The number of nitrogens with zero attached hydrogens (tertiary/aromatic N) is 2. The van der Waals surface area contributed by atoms with Crippen LogP contribution in [0.25, 0.3) is 4.96 Å². The number of aromatic nitrogens is 2. The van der Waals surface area contributed by atoms with Gasteiger partial charge in [0.15, 0.2) is 11.6 Å². The second-order valence-electron chi connectivity index (χ2n) is 5.09. The van der Waals surface area contributed by atoms with E-state index in [1.165, 1.54) is 27.4 Å². The number of carbonyl (C=O) groups is 1. The number of ether oxygens (including phenoxy) is 2. The van der Waals surface area contributed by atoms with E-state index in [4.69, 9.17) is 9.47 Å². The molecule has 0 unspecified atom stereocenters. The maximum absolute atomic E-state index is 11.8. The summed E-state index contributed by atoms with van der Waals surface area (Å²) in [5.41, 5.74) is 1.42. The predicted octanol–water partition coefficient (Wildman–Crippen LogP) is 2.44. The van der Waals surface area contributed by atoms with Crippen LogP contribution in [0, 0.1) is 0 Å². The van der Waals surface area contributed by atoms with Crippen molar-refractivity contribution in [1.29, 1.82) is 0 Å². The zero-order valence-corrected chi connectivity index (χ0v) is 13.9. The highest BCUT2D eigenvalue weighted by Crippen LogP contribution is 2.12. The topological polar surface area (TPSA) is 69.9 Å². The number of benzene rings is 1. The maximum Gasteiger partial charge on any atom is 0.344 e. The smallest absolute Gasteiger partial charge is 0.344 e. The molecule has 0 bridgehead atoms. The number of fused-ring (bicyclic) bond motifs is 1. The summed E-state index contributed by atoms with van der Waals surface area (Å²) < 4.78 is 11.9. The van der Waals surface area contributed by atoms with E-state index in [9.17, 15) is 9.59 Å². The molecule has 2 heterocycles. The molecule has 6 nitrogen and oxygen atoms in total. The molecular weight excluding hydrogens is 328 g/mol. The molecule has 7 heteroatoms. The third kappa shape index (κ3) is 3.80. The Bertz CT molecular complexity index is 899. The first kappa shape index (κ1) is 16.2. The van der Waals surface area contributed by atoms with Crippen LogP contribution in [0.1, 0.15) is 18.2 Å². The van der Waals surface area contributed by atoms with E-state index < -0.39 is 5.97 Å². The highest BCUT2D eigenvalue weighted by atomic mass is 32.1. The number of hydrogen-bond donors (Lipinski definition) is 0. The summed E-state index contributed by atoms with van der Waals surface area (Å²) in [5, 5.41) is 1.77. The van der Waals surface area contributed by atoms with Crippen molar-refractivity contribution >= 4 is 22.3 Å². The molecule has 0 aliphatic rings. The zero-order valence-electron chi connectivity index (χ0n) is 13.1. The molecular formula is C17H16N2O4S. The standard InChI is InChI=1S/C17H16N2O4S/c1-2-12-3-5-14(6-4-12)22-11-16(21)23-10-13-9-15(20)19-7-8-24-17(19)18-13/h3-9H,2,10-11H2,1H3. The van der Waals surface area contributed by atoms with Crippen LogP contribution >= 0.6 is 11.3 Å². The van der Waals surface area contributed by atoms with Gasteiger partial charge in [-0.1, -0.05) is 19.1 Å². The van der Waals surface area contributed by atoms with Gasteiger partial charge >= 0.3 is 5.97 Å².